The summed E-state index contributed by atoms with van der Waals surface area (Å²) in [5.74, 6) is 0.340. The number of nitrogens with one attached hydrogen (secondary N) is 1. The van der Waals surface area contributed by atoms with Crippen LogP contribution < -0.4 is 11.5 Å². The molecular formula is C21H23N5O2. The summed E-state index contributed by atoms with van der Waals surface area (Å²) >= 11 is 0. The zero-order valence-corrected chi connectivity index (χ0v) is 15.5. The van der Waals surface area contributed by atoms with Crippen LogP contribution in [0.3, 0.4) is 0 Å². The molecule has 1 aliphatic rings. The number of aromatic amines is 1. The Morgan fingerprint density at radius 1 is 1.11 bits per heavy atom. The third-order valence-corrected chi connectivity index (χ3v) is 5.45. The fourth-order valence-corrected chi connectivity index (χ4v) is 3.78. The number of benzene rings is 2. The monoisotopic (exact) mass is 377 g/mol. The van der Waals surface area contributed by atoms with Gasteiger partial charge in [-0.1, -0.05) is 36.4 Å². The molecule has 3 aromatic rings. The van der Waals surface area contributed by atoms with Crippen LogP contribution in [-0.2, 0) is 4.79 Å². The number of nitrogens with two attached hydrogens (primary N) is 2. The van der Waals surface area contributed by atoms with E-state index in [1.54, 1.807) is 0 Å². The Balaban J connectivity index is 1.41. The minimum absolute atomic E-state index is 0.0639. The molecule has 5 N–H and O–H groups in total. The van der Waals surface area contributed by atoms with Gasteiger partial charge in [0.25, 0.3) is 5.91 Å². The number of primary amides is 1. The maximum atomic E-state index is 12.9. The zero-order chi connectivity index (χ0) is 19.7. The second-order valence-electron chi connectivity index (χ2n) is 7.23. The van der Waals surface area contributed by atoms with E-state index in [9.17, 15) is 9.59 Å². The SMILES string of the molecule is NC(=O)c1cnc(C2CCN(C(=O)C(N)c3ccc4ccccc4c3)CC2)[nH]1. The van der Waals surface area contributed by atoms with Crippen molar-refractivity contribution < 1.29 is 9.59 Å². The fourth-order valence-electron chi connectivity index (χ4n) is 3.78. The van der Waals surface area contributed by atoms with Gasteiger partial charge in [0.2, 0.25) is 5.91 Å². The molecule has 4 rings (SSSR count). The third kappa shape index (κ3) is 3.48. The van der Waals surface area contributed by atoms with Gasteiger partial charge in [0, 0.05) is 19.0 Å². The second-order valence-corrected chi connectivity index (χ2v) is 7.23. The van der Waals surface area contributed by atoms with Crippen molar-refractivity contribution in [1.29, 1.82) is 0 Å². The number of carbonyl (C=O) groups excluding carboxylic acids is 2. The smallest absolute Gasteiger partial charge is 0.266 e. The minimum atomic E-state index is -0.675. The molecule has 2 aromatic carbocycles. The van der Waals surface area contributed by atoms with Gasteiger partial charge in [-0.15, -0.1) is 0 Å². The normalized spacial score (nSPS) is 16.2. The second kappa shape index (κ2) is 7.44. The molecule has 0 radical (unpaired) electrons. The summed E-state index contributed by atoms with van der Waals surface area (Å²) in [5, 5.41) is 2.20. The molecule has 144 valence electrons. The van der Waals surface area contributed by atoms with E-state index in [-0.39, 0.29) is 11.8 Å². The lowest BCUT2D eigenvalue weighted by atomic mass is 9.95. The van der Waals surface area contributed by atoms with E-state index in [4.69, 9.17) is 11.5 Å². The number of fused-ring (bicyclic) bond motifs is 1. The molecule has 7 nitrogen and oxygen atoms in total. The van der Waals surface area contributed by atoms with Gasteiger partial charge in [-0.05, 0) is 35.2 Å². The maximum Gasteiger partial charge on any atom is 0.266 e. The number of hydrogen-bond acceptors (Lipinski definition) is 4. The summed E-state index contributed by atoms with van der Waals surface area (Å²) in [6, 6.07) is 13.2. The largest absolute Gasteiger partial charge is 0.364 e. The highest BCUT2D eigenvalue weighted by Crippen LogP contribution is 2.28. The molecule has 1 unspecified atom stereocenters. The fraction of sp³-hybridized carbons (Fsp3) is 0.286. The molecule has 0 saturated carbocycles. The van der Waals surface area contributed by atoms with Crippen LogP contribution in [0.4, 0.5) is 0 Å². The first-order valence-electron chi connectivity index (χ1n) is 9.40. The van der Waals surface area contributed by atoms with Gasteiger partial charge in [-0.3, -0.25) is 9.59 Å². The summed E-state index contributed by atoms with van der Waals surface area (Å²) < 4.78 is 0. The highest BCUT2D eigenvalue weighted by Gasteiger charge is 2.29. The number of H-pyrrole nitrogens is 1. The molecule has 2 heterocycles. The van der Waals surface area contributed by atoms with Crippen molar-refractivity contribution in [3.05, 3.63) is 65.7 Å². The molecule has 1 atom stereocenters. The van der Waals surface area contributed by atoms with E-state index in [1.807, 2.05) is 47.4 Å². The minimum Gasteiger partial charge on any atom is -0.364 e. The number of imidazole rings is 1. The van der Waals surface area contributed by atoms with E-state index in [0.29, 0.717) is 18.8 Å². The van der Waals surface area contributed by atoms with Crippen LogP contribution in [0, 0.1) is 0 Å². The van der Waals surface area contributed by atoms with Crippen LogP contribution in [0.5, 0.6) is 0 Å². The molecule has 1 saturated heterocycles. The van der Waals surface area contributed by atoms with E-state index in [1.165, 1.54) is 6.20 Å². The van der Waals surface area contributed by atoms with Crippen LogP contribution in [-0.4, -0.2) is 39.8 Å². The van der Waals surface area contributed by atoms with Crippen molar-refractivity contribution >= 4 is 22.6 Å². The lowest BCUT2D eigenvalue weighted by Gasteiger charge is -2.33. The first kappa shape index (κ1) is 18.2. The number of likely N-dealkylation sites (tertiary alicyclic amines) is 1. The van der Waals surface area contributed by atoms with Gasteiger partial charge < -0.3 is 21.4 Å². The van der Waals surface area contributed by atoms with Crippen LogP contribution in [0.25, 0.3) is 10.8 Å². The summed E-state index contributed by atoms with van der Waals surface area (Å²) in [4.78, 5) is 33.2. The first-order valence-corrected chi connectivity index (χ1v) is 9.40. The van der Waals surface area contributed by atoms with Crippen molar-refractivity contribution in [2.24, 2.45) is 11.5 Å². The van der Waals surface area contributed by atoms with E-state index in [2.05, 4.69) is 9.97 Å². The van der Waals surface area contributed by atoms with Crippen molar-refractivity contribution in [3.63, 3.8) is 0 Å². The van der Waals surface area contributed by atoms with Crippen molar-refractivity contribution in [1.82, 2.24) is 14.9 Å². The first-order chi connectivity index (χ1) is 13.5. The predicted molar refractivity (Wildman–Crippen MR) is 107 cm³/mol. The van der Waals surface area contributed by atoms with Crippen LogP contribution in [0.15, 0.2) is 48.7 Å². The van der Waals surface area contributed by atoms with Crippen LogP contribution in [0.2, 0.25) is 0 Å². The number of carbonyl (C=O) groups is 2. The Morgan fingerprint density at radius 3 is 2.50 bits per heavy atom. The van der Waals surface area contributed by atoms with E-state index >= 15 is 0 Å². The molecule has 7 heteroatoms. The Labute approximate surface area is 162 Å². The lowest BCUT2D eigenvalue weighted by Crippen LogP contribution is -2.43. The molecule has 0 spiro atoms. The number of piperidine rings is 1. The zero-order valence-electron chi connectivity index (χ0n) is 15.5. The molecular weight excluding hydrogens is 354 g/mol. The average Bonchev–Trinajstić information content (AvgIpc) is 3.23. The number of rotatable bonds is 4. The van der Waals surface area contributed by atoms with E-state index in [0.717, 1.165) is 35.0 Å². The van der Waals surface area contributed by atoms with Gasteiger partial charge in [-0.2, -0.15) is 0 Å². The van der Waals surface area contributed by atoms with Gasteiger partial charge >= 0.3 is 0 Å². The Hall–Kier alpha value is -3.19. The molecule has 2 amide bonds. The van der Waals surface area contributed by atoms with Crippen LogP contribution >= 0.6 is 0 Å². The van der Waals surface area contributed by atoms with E-state index < -0.39 is 11.9 Å². The summed E-state index contributed by atoms with van der Waals surface area (Å²) in [5.41, 5.74) is 12.7. The lowest BCUT2D eigenvalue weighted by molar-refractivity contribution is -0.133. The number of amides is 2. The third-order valence-electron chi connectivity index (χ3n) is 5.45. The van der Waals surface area contributed by atoms with Gasteiger partial charge in [0.15, 0.2) is 0 Å². The molecule has 1 aliphatic heterocycles. The Bertz CT molecular complexity index is 1020. The van der Waals surface area contributed by atoms with Crippen molar-refractivity contribution in [3.8, 4) is 0 Å². The highest BCUT2D eigenvalue weighted by molar-refractivity contribution is 5.90. The molecule has 1 fully saturated rings. The molecule has 0 aliphatic carbocycles. The average molecular weight is 377 g/mol. The van der Waals surface area contributed by atoms with Crippen LogP contribution in [0.1, 0.15) is 46.7 Å². The summed E-state index contributed by atoms with van der Waals surface area (Å²) in [7, 11) is 0. The van der Waals surface area contributed by atoms with Gasteiger partial charge in [0.1, 0.15) is 17.6 Å². The number of nitrogens with zero attached hydrogens (tertiary/aromatic N) is 2. The highest BCUT2D eigenvalue weighted by atomic mass is 16.2. The predicted octanol–water partition coefficient (Wildman–Crippen LogP) is 2.07. The quantitative estimate of drug-likeness (QED) is 0.645. The number of aromatic nitrogens is 2. The van der Waals surface area contributed by atoms with Crippen molar-refractivity contribution in [2.75, 3.05) is 13.1 Å². The molecule has 28 heavy (non-hydrogen) atoms. The van der Waals surface area contributed by atoms with Gasteiger partial charge in [0.05, 0.1) is 6.20 Å². The molecule has 0 bridgehead atoms. The van der Waals surface area contributed by atoms with Gasteiger partial charge in [-0.25, -0.2) is 4.98 Å². The maximum absolute atomic E-state index is 12.9. The standard InChI is InChI=1S/C21H23N5O2/c22-18(16-6-5-13-3-1-2-4-15(13)11-16)21(28)26-9-7-14(8-10-26)20-24-12-17(25-20)19(23)27/h1-6,11-12,14,18H,7-10,22H2,(H2,23,27)(H,24,25). The van der Waals surface area contributed by atoms with Crippen molar-refractivity contribution in [2.45, 2.75) is 24.8 Å². The molecule has 1 aromatic heterocycles. The summed E-state index contributed by atoms with van der Waals surface area (Å²) in [6.07, 6.45) is 2.99. The topological polar surface area (TPSA) is 118 Å². The Kier molecular flexibility index (Phi) is 4.83. The summed E-state index contributed by atoms with van der Waals surface area (Å²) in [6.45, 7) is 1.22. The Morgan fingerprint density at radius 2 is 1.82 bits per heavy atom. The number of hydrogen-bond donors (Lipinski definition) is 3.